The predicted molar refractivity (Wildman–Crippen MR) is 165 cm³/mol. The topological polar surface area (TPSA) is 80.1 Å². The van der Waals surface area contributed by atoms with Crippen molar-refractivity contribution in [1.82, 2.24) is 24.8 Å². The molecule has 0 bridgehead atoms. The standard InChI is InChI=1S/C32H34ClN5O2S/c1-3-21-6-5-7-22(4-2)29(21)38-27(16-20-8-9-20)24(31(39)37-14-12-34-13-15-37)17-25(32(38)40)30-36-26(19-41-30)23-10-11-28(33)35-18-23/h5-7,10-11,17-20,34H,3-4,8-9,12-16H2,1-2H3. The highest BCUT2D eigenvalue weighted by atomic mass is 35.5. The molecular formula is C32H34ClN5O2S. The van der Waals surface area contributed by atoms with Crippen molar-refractivity contribution in [2.75, 3.05) is 26.2 Å². The van der Waals surface area contributed by atoms with Gasteiger partial charge in [-0.05, 0) is 67.3 Å². The van der Waals surface area contributed by atoms with Crippen molar-refractivity contribution in [3.8, 4) is 27.5 Å². The molecule has 41 heavy (non-hydrogen) atoms. The van der Waals surface area contributed by atoms with Crippen LogP contribution >= 0.6 is 22.9 Å². The third-order valence-corrected chi connectivity index (χ3v) is 9.16. The van der Waals surface area contributed by atoms with Crippen molar-refractivity contribution in [3.05, 3.63) is 85.9 Å². The van der Waals surface area contributed by atoms with Crippen molar-refractivity contribution < 1.29 is 4.79 Å². The number of aryl methyl sites for hydroxylation is 2. The van der Waals surface area contributed by atoms with Crippen LogP contribution in [0.25, 0.3) is 27.5 Å². The molecule has 4 heterocycles. The van der Waals surface area contributed by atoms with Gasteiger partial charge in [0.25, 0.3) is 11.5 Å². The molecule has 1 aromatic carbocycles. The largest absolute Gasteiger partial charge is 0.336 e. The molecule has 2 aliphatic rings. The number of para-hydroxylation sites is 1. The SMILES string of the molecule is CCc1cccc(CC)c1-n1c(CC2CC2)c(C(=O)N2CCNCC2)cc(-c2nc(-c3ccc(Cl)nc3)cs2)c1=O. The van der Waals surface area contributed by atoms with E-state index in [9.17, 15) is 9.59 Å². The average molecular weight is 588 g/mol. The van der Waals surface area contributed by atoms with Crippen LogP contribution in [-0.4, -0.2) is 51.5 Å². The van der Waals surface area contributed by atoms with Crippen molar-refractivity contribution in [3.63, 3.8) is 0 Å². The molecule has 4 aromatic rings. The molecule has 212 valence electrons. The first-order valence-electron chi connectivity index (χ1n) is 14.5. The third kappa shape index (κ3) is 5.61. The van der Waals surface area contributed by atoms with E-state index in [1.165, 1.54) is 11.3 Å². The summed E-state index contributed by atoms with van der Waals surface area (Å²) in [6.07, 6.45) is 6.21. The molecule has 1 aliphatic carbocycles. The third-order valence-electron chi connectivity index (χ3n) is 8.06. The Labute approximate surface area is 249 Å². The summed E-state index contributed by atoms with van der Waals surface area (Å²) >= 11 is 7.41. The molecule has 3 aromatic heterocycles. The van der Waals surface area contributed by atoms with Gasteiger partial charge < -0.3 is 10.2 Å². The van der Waals surface area contributed by atoms with Gasteiger partial charge in [0.15, 0.2) is 0 Å². The Bertz CT molecular complexity index is 1610. The molecule has 1 N–H and O–H groups in total. The van der Waals surface area contributed by atoms with Crippen molar-refractivity contribution in [1.29, 1.82) is 0 Å². The summed E-state index contributed by atoms with van der Waals surface area (Å²) in [6.45, 7) is 7.06. The van der Waals surface area contributed by atoms with E-state index in [1.54, 1.807) is 12.3 Å². The van der Waals surface area contributed by atoms with Crippen LogP contribution in [0.5, 0.6) is 0 Å². The molecule has 9 heteroatoms. The highest BCUT2D eigenvalue weighted by Crippen LogP contribution is 2.36. The van der Waals surface area contributed by atoms with E-state index in [2.05, 4.69) is 42.3 Å². The molecular weight excluding hydrogens is 554 g/mol. The quantitative estimate of drug-likeness (QED) is 0.264. The van der Waals surface area contributed by atoms with Crippen molar-refractivity contribution >= 4 is 28.8 Å². The second kappa shape index (κ2) is 11.9. The number of benzene rings is 1. The fourth-order valence-corrected chi connectivity index (χ4v) is 6.57. The van der Waals surface area contributed by atoms with E-state index >= 15 is 0 Å². The number of thiazole rings is 1. The molecule has 0 unspecified atom stereocenters. The zero-order chi connectivity index (χ0) is 28.5. The van der Waals surface area contributed by atoms with Crippen LogP contribution in [0.4, 0.5) is 0 Å². The van der Waals surface area contributed by atoms with Gasteiger partial charge in [0.1, 0.15) is 10.2 Å². The number of carbonyl (C=O) groups excluding carboxylic acids is 1. The first-order valence-corrected chi connectivity index (χ1v) is 15.7. The summed E-state index contributed by atoms with van der Waals surface area (Å²) in [5.74, 6) is 0.478. The molecule has 0 radical (unpaired) electrons. The van der Waals surface area contributed by atoms with Gasteiger partial charge in [-0.1, -0.05) is 43.6 Å². The zero-order valence-electron chi connectivity index (χ0n) is 23.5. The Morgan fingerprint density at radius 3 is 2.46 bits per heavy atom. The molecule has 7 nitrogen and oxygen atoms in total. The molecule has 1 saturated heterocycles. The number of pyridine rings is 2. The van der Waals surface area contributed by atoms with Gasteiger partial charge in [0, 0.05) is 49.0 Å². The molecule has 1 saturated carbocycles. The molecule has 0 atom stereocenters. The van der Waals surface area contributed by atoms with E-state index in [4.69, 9.17) is 16.6 Å². The molecule has 0 spiro atoms. The molecule has 6 rings (SSSR count). The van der Waals surface area contributed by atoms with Crippen LogP contribution < -0.4 is 10.9 Å². The van der Waals surface area contributed by atoms with E-state index in [-0.39, 0.29) is 11.5 Å². The van der Waals surface area contributed by atoms with Gasteiger partial charge in [-0.25, -0.2) is 9.97 Å². The van der Waals surface area contributed by atoms with Crippen LogP contribution in [0.15, 0.2) is 52.8 Å². The Morgan fingerprint density at radius 1 is 1.10 bits per heavy atom. The van der Waals surface area contributed by atoms with Crippen LogP contribution in [0, 0.1) is 5.92 Å². The van der Waals surface area contributed by atoms with Crippen LogP contribution in [0.1, 0.15) is 53.9 Å². The highest BCUT2D eigenvalue weighted by Gasteiger charge is 2.32. The molecule has 2 fully saturated rings. The predicted octanol–water partition coefficient (Wildman–Crippen LogP) is 5.80. The lowest BCUT2D eigenvalue weighted by atomic mass is 9.98. The Hall–Kier alpha value is -3.33. The van der Waals surface area contributed by atoms with Gasteiger partial charge in [-0.3, -0.25) is 14.2 Å². The summed E-state index contributed by atoms with van der Waals surface area (Å²) in [7, 11) is 0. The summed E-state index contributed by atoms with van der Waals surface area (Å²) in [5, 5.41) is 6.27. The number of hydrogen-bond acceptors (Lipinski definition) is 6. The van der Waals surface area contributed by atoms with E-state index in [0.717, 1.165) is 72.5 Å². The maximum Gasteiger partial charge on any atom is 0.265 e. The molecule has 1 aliphatic heterocycles. The lowest BCUT2D eigenvalue weighted by Gasteiger charge is -2.29. The number of rotatable bonds is 8. The number of nitrogens with zero attached hydrogens (tertiary/aromatic N) is 4. The van der Waals surface area contributed by atoms with Crippen LogP contribution in [-0.2, 0) is 19.3 Å². The summed E-state index contributed by atoms with van der Waals surface area (Å²) in [6, 6.07) is 11.7. The smallest absolute Gasteiger partial charge is 0.265 e. The number of nitrogens with one attached hydrogen (secondary N) is 1. The normalized spacial score (nSPS) is 15.3. The first-order chi connectivity index (χ1) is 20.0. The maximum atomic E-state index is 14.6. The fraction of sp³-hybridized carbons (Fsp3) is 0.375. The fourth-order valence-electron chi connectivity index (χ4n) is 5.62. The van der Waals surface area contributed by atoms with Crippen LogP contribution in [0.3, 0.4) is 0 Å². The molecule has 1 amide bonds. The number of piperazine rings is 1. The minimum absolute atomic E-state index is 0.0112. The monoisotopic (exact) mass is 587 g/mol. The average Bonchev–Trinajstić information content (AvgIpc) is 3.70. The Morgan fingerprint density at radius 2 is 1.83 bits per heavy atom. The van der Waals surface area contributed by atoms with Crippen molar-refractivity contribution in [2.45, 2.75) is 46.0 Å². The minimum atomic E-state index is -0.122. The lowest BCUT2D eigenvalue weighted by molar-refractivity contribution is 0.0733. The number of hydrogen-bond donors (Lipinski definition) is 1. The van der Waals surface area contributed by atoms with E-state index in [0.29, 0.717) is 46.7 Å². The first kappa shape index (κ1) is 27.8. The van der Waals surface area contributed by atoms with Gasteiger partial charge in [0.2, 0.25) is 0 Å². The number of amides is 1. The second-order valence-corrected chi connectivity index (χ2v) is 12.0. The van der Waals surface area contributed by atoms with Gasteiger partial charge in [-0.15, -0.1) is 11.3 Å². The van der Waals surface area contributed by atoms with E-state index < -0.39 is 0 Å². The number of carbonyl (C=O) groups is 1. The Balaban J connectivity index is 1.60. The summed E-state index contributed by atoms with van der Waals surface area (Å²) in [4.78, 5) is 39.8. The lowest BCUT2D eigenvalue weighted by Crippen LogP contribution is -2.47. The Kier molecular flexibility index (Phi) is 8.06. The highest BCUT2D eigenvalue weighted by molar-refractivity contribution is 7.13. The van der Waals surface area contributed by atoms with E-state index in [1.807, 2.05) is 27.0 Å². The maximum absolute atomic E-state index is 14.6. The summed E-state index contributed by atoms with van der Waals surface area (Å²) < 4.78 is 1.88. The minimum Gasteiger partial charge on any atom is -0.336 e. The number of aromatic nitrogens is 3. The zero-order valence-corrected chi connectivity index (χ0v) is 25.0. The second-order valence-electron chi connectivity index (χ2n) is 10.8. The number of halogens is 1. The van der Waals surface area contributed by atoms with Gasteiger partial charge >= 0.3 is 0 Å². The van der Waals surface area contributed by atoms with Gasteiger partial charge in [0.05, 0.1) is 22.5 Å². The summed E-state index contributed by atoms with van der Waals surface area (Å²) in [5.41, 5.74) is 6.46. The van der Waals surface area contributed by atoms with Crippen LogP contribution in [0.2, 0.25) is 5.15 Å². The van der Waals surface area contributed by atoms with Gasteiger partial charge in [-0.2, -0.15) is 0 Å². The van der Waals surface area contributed by atoms with Crippen molar-refractivity contribution in [2.24, 2.45) is 5.92 Å².